The summed E-state index contributed by atoms with van der Waals surface area (Å²) in [7, 11) is 0. The fourth-order valence-corrected chi connectivity index (χ4v) is 3.03. The summed E-state index contributed by atoms with van der Waals surface area (Å²) in [5.41, 5.74) is 0. The van der Waals surface area contributed by atoms with Crippen LogP contribution in [-0.2, 0) is 19.1 Å². The van der Waals surface area contributed by atoms with Gasteiger partial charge in [0.1, 0.15) is 6.73 Å². The van der Waals surface area contributed by atoms with Gasteiger partial charge in [0.15, 0.2) is 0 Å². The van der Waals surface area contributed by atoms with E-state index in [2.05, 4.69) is 18.7 Å². The number of ether oxygens (including phenoxy) is 1. The second-order valence-electron chi connectivity index (χ2n) is 6.98. The van der Waals surface area contributed by atoms with Gasteiger partial charge in [0.2, 0.25) is 0 Å². The van der Waals surface area contributed by atoms with E-state index in [0.717, 1.165) is 6.54 Å². The molecule has 156 valence electrons. The lowest BCUT2D eigenvalue weighted by molar-refractivity contribution is -0.140. The number of aliphatic carboxylic acids is 2. The third kappa shape index (κ3) is 10.2. The normalized spacial score (nSPS) is 20.0. The van der Waals surface area contributed by atoms with Crippen LogP contribution in [0.15, 0.2) is 0 Å². The molecule has 0 atom stereocenters. The molecule has 2 N–H and O–H groups in total. The van der Waals surface area contributed by atoms with Crippen molar-refractivity contribution in [2.75, 3.05) is 72.2 Å². The average molecular weight is 388 g/mol. The fraction of sp³-hybridized carbons (Fsp3) is 0.824. The summed E-state index contributed by atoms with van der Waals surface area (Å²) >= 11 is 0. The molecule has 1 aliphatic rings. The van der Waals surface area contributed by atoms with E-state index >= 15 is 0 Å². The molecule has 27 heavy (non-hydrogen) atoms. The zero-order valence-electron chi connectivity index (χ0n) is 16.2. The van der Waals surface area contributed by atoms with E-state index in [-0.39, 0.29) is 19.8 Å². The van der Waals surface area contributed by atoms with Crippen LogP contribution in [0.4, 0.5) is 0 Å². The molecule has 0 aromatic rings. The minimum absolute atomic E-state index is 0.0633. The monoisotopic (exact) mass is 388 g/mol. The maximum absolute atomic E-state index is 11.1. The van der Waals surface area contributed by atoms with Gasteiger partial charge in [-0.15, -0.1) is 0 Å². The summed E-state index contributed by atoms with van der Waals surface area (Å²) in [6.45, 7) is 9.32. The Bertz CT molecular complexity index is 476. The summed E-state index contributed by atoms with van der Waals surface area (Å²) in [6.07, 6.45) is 0. The van der Waals surface area contributed by atoms with Gasteiger partial charge in [0.05, 0.1) is 13.1 Å². The fourth-order valence-electron chi connectivity index (χ4n) is 3.03. The Morgan fingerprint density at radius 1 is 0.852 bits per heavy atom. The van der Waals surface area contributed by atoms with Gasteiger partial charge >= 0.3 is 11.9 Å². The molecule has 1 heterocycles. The topological polar surface area (TPSA) is 114 Å². The van der Waals surface area contributed by atoms with E-state index in [9.17, 15) is 14.4 Å². The Kier molecular flexibility index (Phi) is 10.9. The van der Waals surface area contributed by atoms with Crippen LogP contribution in [0.25, 0.3) is 0 Å². The molecule has 1 rings (SSSR count). The van der Waals surface area contributed by atoms with Crippen molar-refractivity contribution in [3.8, 4) is 0 Å². The van der Waals surface area contributed by atoms with E-state index in [0.29, 0.717) is 58.3 Å². The van der Waals surface area contributed by atoms with Gasteiger partial charge in [0, 0.05) is 58.4 Å². The smallest absolute Gasteiger partial charge is 0.317 e. The number of hydrogen-bond donors (Lipinski definition) is 2. The van der Waals surface area contributed by atoms with Gasteiger partial charge < -0.3 is 14.9 Å². The first kappa shape index (κ1) is 23.3. The molecule has 0 spiro atoms. The van der Waals surface area contributed by atoms with Crippen molar-refractivity contribution >= 4 is 18.4 Å². The lowest BCUT2D eigenvalue weighted by atomic mass is 10.2. The summed E-state index contributed by atoms with van der Waals surface area (Å²) in [6, 6.07) is 0.303. The molecule has 0 aliphatic carbocycles. The Labute approximate surface area is 160 Å². The molecular formula is C17H32N4O6. The van der Waals surface area contributed by atoms with E-state index < -0.39 is 11.9 Å². The Hall–Kier alpha value is -1.75. The van der Waals surface area contributed by atoms with E-state index in [4.69, 9.17) is 14.9 Å². The highest BCUT2D eigenvalue weighted by Gasteiger charge is 2.20. The highest BCUT2D eigenvalue weighted by Crippen LogP contribution is 2.04. The molecule has 0 saturated carbocycles. The van der Waals surface area contributed by atoms with Crippen molar-refractivity contribution in [3.63, 3.8) is 0 Å². The third-order valence-electron chi connectivity index (χ3n) is 4.64. The number of carboxylic acid groups (broad SMARTS) is 2. The van der Waals surface area contributed by atoms with Crippen LogP contribution in [0, 0.1) is 0 Å². The molecule has 10 nitrogen and oxygen atoms in total. The Balaban J connectivity index is 2.85. The van der Waals surface area contributed by atoms with Gasteiger partial charge in [-0.1, -0.05) is 0 Å². The first-order chi connectivity index (χ1) is 12.8. The molecule has 0 unspecified atom stereocenters. The molecular weight excluding hydrogens is 356 g/mol. The van der Waals surface area contributed by atoms with E-state index in [1.807, 2.05) is 9.80 Å². The maximum Gasteiger partial charge on any atom is 0.317 e. The zero-order valence-corrected chi connectivity index (χ0v) is 16.2. The Morgan fingerprint density at radius 2 is 1.26 bits per heavy atom. The molecule has 0 amide bonds. The lowest BCUT2D eigenvalue weighted by Gasteiger charge is -2.34. The van der Waals surface area contributed by atoms with Crippen LogP contribution >= 0.6 is 0 Å². The van der Waals surface area contributed by atoms with Crippen molar-refractivity contribution < 1.29 is 29.3 Å². The van der Waals surface area contributed by atoms with Gasteiger partial charge in [-0.2, -0.15) is 0 Å². The van der Waals surface area contributed by atoms with Crippen LogP contribution in [0.2, 0.25) is 0 Å². The Morgan fingerprint density at radius 3 is 1.67 bits per heavy atom. The SMILES string of the molecule is CC(C)N1CCN(COC=O)CCN(CC(=O)O)CCN(CC(=O)O)CC1. The summed E-state index contributed by atoms with van der Waals surface area (Å²) in [5, 5.41) is 18.3. The highest BCUT2D eigenvalue weighted by molar-refractivity contribution is 5.69. The quantitative estimate of drug-likeness (QED) is 0.498. The average Bonchev–Trinajstić information content (AvgIpc) is 2.57. The molecule has 1 fully saturated rings. The van der Waals surface area contributed by atoms with Crippen molar-refractivity contribution in [3.05, 3.63) is 0 Å². The van der Waals surface area contributed by atoms with Gasteiger partial charge in [-0.25, -0.2) is 0 Å². The minimum Gasteiger partial charge on any atom is -0.480 e. The molecule has 0 radical (unpaired) electrons. The van der Waals surface area contributed by atoms with Crippen molar-refractivity contribution in [2.45, 2.75) is 19.9 Å². The van der Waals surface area contributed by atoms with Crippen molar-refractivity contribution in [2.24, 2.45) is 0 Å². The third-order valence-corrected chi connectivity index (χ3v) is 4.64. The number of carbonyl (C=O) groups is 3. The van der Waals surface area contributed by atoms with E-state index in [1.54, 1.807) is 4.90 Å². The van der Waals surface area contributed by atoms with Crippen LogP contribution in [0.5, 0.6) is 0 Å². The van der Waals surface area contributed by atoms with Gasteiger partial charge in [-0.05, 0) is 13.8 Å². The number of carbonyl (C=O) groups excluding carboxylic acids is 1. The summed E-state index contributed by atoms with van der Waals surface area (Å²) < 4.78 is 4.89. The predicted molar refractivity (Wildman–Crippen MR) is 98.4 cm³/mol. The second-order valence-corrected chi connectivity index (χ2v) is 6.98. The van der Waals surface area contributed by atoms with Crippen LogP contribution < -0.4 is 0 Å². The number of hydrogen-bond acceptors (Lipinski definition) is 8. The first-order valence-corrected chi connectivity index (χ1v) is 9.21. The summed E-state index contributed by atoms with van der Waals surface area (Å²) in [4.78, 5) is 40.7. The largest absolute Gasteiger partial charge is 0.480 e. The zero-order chi connectivity index (χ0) is 20.2. The number of rotatable bonds is 8. The first-order valence-electron chi connectivity index (χ1n) is 9.21. The van der Waals surface area contributed by atoms with Gasteiger partial charge in [0.25, 0.3) is 6.47 Å². The minimum atomic E-state index is -0.923. The number of carboxylic acids is 2. The highest BCUT2D eigenvalue weighted by atomic mass is 16.5. The van der Waals surface area contributed by atoms with Gasteiger partial charge in [-0.3, -0.25) is 34.0 Å². The second kappa shape index (κ2) is 12.6. The lowest BCUT2D eigenvalue weighted by Crippen LogP contribution is -2.49. The van der Waals surface area contributed by atoms with Crippen molar-refractivity contribution in [1.82, 2.24) is 19.6 Å². The maximum atomic E-state index is 11.1. The van der Waals surface area contributed by atoms with E-state index in [1.165, 1.54) is 0 Å². The van der Waals surface area contributed by atoms with Crippen molar-refractivity contribution in [1.29, 1.82) is 0 Å². The summed E-state index contributed by atoms with van der Waals surface area (Å²) in [5.74, 6) is -1.81. The molecule has 1 aliphatic heterocycles. The standard InChI is InChI=1S/C17H32N4O6/c1-15(2)21-9-7-19(12-17(25)26)4-3-18(11-16(23)24)5-6-20(8-10-21)13-27-14-22/h14-15H,3-13H2,1-2H3,(H,23,24)(H,25,26). The molecule has 0 bridgehead atoms. The predicted octanol–water partition coefficient (Wildman–Crippen LogP) is -1.08. The van der Waals surface area contributed by atoms with Crippen LogP contribution in [0.3, 0.4) is 0 Å². The molecule has 10 heteroatoms. The molecule has 1 saturated heterocycles. The van der Waals surface area contributed by atoms with Crippen LogP contribution in [-0.4, -0.2) is 126 Å². The number of nitrogens with zero attached hydrogens (tertiary/aromatic N) is 4. The molecule has 0 aromatic carbocycles. The molecule has 0 aromatic heterocycles. The van der Waals surface area contributed by atoms with Crippen LogP contribution in [0.1, 0.15) is 13.8 Å².